The first kappa shape index (κ1) is 19.8. The quantitative estimate of drug-likeness (QED) is 0.678. The maximum atomic E-state index is 12.9. The molecule has 26 heavy (non-hydrogen) atoms. The number of aryl methyl sites for hydroxylation is 1. The number of hydrogen-bond acceptors (Lipinski definition) is 4. The van der Waals surface area contributed by atoms with Gasteiger partial charge in [0.2, 0.25) is 0 Å². The van der Waals surface area contributed by atoms with Gasteiger partial charge in [0, 0.05) is 23.5 Å². The van der Waals surface area contributed by atoms with E-state index in [1.54, 1.807) is 26.0 Å². The van der Waals surface area contributed by atoms with Gasteiger partial charge in [-0.1, -0.05) is 23.7 Å². The number of carbonyl (C=O) groups excluding carboxylic acids is 2. The summed E-state index contributed by atoms with van der Waals surface area (Å²) in [4.78, 5) is 37.2. The molecule has 1 aromatic rings. The summed E-state index contributed by atoms with van der Waals surface area (Å²) in [6.45, 7) is 5.02. The maximum absolute atomic E-state index is 12.9. The van der Waals surface area contributed by atoms with Gasteiger partial charge in [0.05, 0.1) is 0 Å². The van der Waals surface area contributed by atoms with Gasteiger partial charge in [0.25, 0.3) is 11.8 Å². The van der Waals surface area contributed by atoms with Crippen molar-refractivity contribution in [1.82, 2.24) is 10.2 Å². The third kappa shape index (κ3) is 4.16. The molecule has 0 fully saturated rings. The molecule has 1 aromatic carbocycles. The SMILES string of the molecule is Cc1cc(CN2C(=O)C(C(=O)NCC(=O)O)=C(O)CC2(C)C)ccc1Cl. The van der Waals surface area contributed by atoms with Crippen molar-refractivity contribution in [3.63, 3.8) is 0 Å². The summed E-state index contributed by atoms with van der Waals surface area (Å²) in [7, 11) is 0. The number of carboxylic acids is 1. The molecule has 0 unspecified atom stereocenters. The monoisotopic (exact) mass is 380 g/mol. The molecule has 3 N–H and O–H groups in total. The van der Waals surface area contributed by atoms with E-state index >= 15 is 0 Å². The molecular weight excluding hydrogens is 360 g/mol. The van der Waals surface area contributed by atoms with Gasteiger partial charge in [-0.15, -0.1) is 0 Å². The molecule has 0 spiro atoms. The van der Waals surface area contributed by atoms with Gasteiger partial charge in [-0.05, 0) is 38.0 Å². The molecule has 0 saturated carbocycles. The lowest BCUT2D eigenvalue weighted by Crippen LogP contribution is -2.53. The number of rotatable bonds is 5. The fourth-order valence-corrected chi connectivity index (χ4v) is 2.99. The largest absolute Gasteiger partial charge is 0.511 e. The molecule has 2 rings (SSSR count). The Hall–Kier alpha value is -2.54. The van der Waals surface area contributed by atoms with Crippen LogP contribution in [0.2, 0.25) is 5.02 Å². The fraction of sp³-hybridized carbons (Fsp3) is 0.389. The van der Waals surface area contributed by atoms with E-state index in [0.717, 1.165) is 11.1 Å². The first-order valence-corrected chi connectivity index (χ1v) is 8.40. The van der Waals surface area contributed by atoms with Crippen LogP contribution >= 0.6 is 11.6 Å². The Morgan fingerprint density at radius 3 is 2.58 bits per heavy atom. The van der Waals surface area contributed by atoms with Gasteiger partial charge in [-0.2, -0.15) is 0 Å². The van der Waals surface area contributed by atoms with Crippen LogP contribution in [0.25, 0.3) is 0 Å². The number of aliphatic carboxylic acids is 1. The lowest BCUT2D eigenvalue weighted by atomic mass is 9.88. The van der Waals surface area contributed by atoms with Crippen molar-refractivity contribution in [2.45, 2.75) is 39.3 Å². The van der Waals surface area contributed by atoms with Gasteiger partial charge in [-0.25, -0.2) is 0 Å². The number of nitrogens with one attached hydrogen (secondary N) is 1. The van der Waals surface area contributed by atoms with Crippen LogP contribution in [0.5, 0.6) is 0 Å². The summed E-state index contributed by atoms with van der Waals surface area (Å²) in [5.74, 6) is -3.13. The highest BCUT2D eigenvalue weighted by Gasteiger charge is 2.42. The summed E-state index contributed by atoms with van der Waals surface area (Å²) < 4.78 is 0. The maximum Gasteiger partial charge on any atom is 0.322 e. The Morgan fingerprint density at radius 1 is 1.35 bits per heavy atom. The smallest absolute Gasteiger partial charge is 0.322 e. The van der Waals surface area contributed by atoms with Crippen LogP contribution in [-0.4, -0.2) is 45.0 Å². The average molecular weight is 381 g/mol. The molecule has 8 heteroatoms. The average Bonchev–Trinajstić information content (AvgIpc) is 2.52. The molecule has 0 aromatic heterocycles. The summed E-state index contributed by atoms with van der Waals surface area (Å²) in [5.41, 5.74) is 0.561. The molecular formula is C18H21ClN2O5. The van der Waals surface area contributed by atoms with Crippen LogP contribution in [0.1, 0.15) is 31.4 Å². The molecule has 1 aliphatic heterocycles. The zero-order valence-corrected chi connectivity index (χ0v) is 15.6. The first-order chi connectivity index (χ1) is 12.0. The van der Waals surface area contributed by atoms with E-state index in [0.29, 0.717) is 5.02 Å². The third-order valence-electron chi connectivity index (χ3n) is 4.27. The number of hydrogen-bond donors (Lipinski definition) is 3. The van der Waals surface area contributed by atoms with Crippen molar-refractivity contribution >= 4 is 29.4 Å². The summed E-state index contributed by atoms with van der Waals surface area (Å²) in [5, 5.41) is 21.6. The number of carboxylic acid groups (broad SMARTS) is 1. The molecule has 0 bridgehead atoms. The predicted molar refractivity (Wildman–Crippen MR) is 95.7 cm³/mol. The molecule has 0 saturated heterocycles. The van der Waals surface area contributed by atoms with Crippen molar-refractivity contribution in [3.8, 4) is 0 Å². The Bertz CT molecular complexity index is 801. The molecule has 1 heterocycles. The van der Waals surface area contributed by atoms with Crippen LogP contribution in [0.15, 0.2) is 29.5 Å². The van der Waals surface area contributed by atoms with Crippen molar-refractivity contribution in [2.24, 2.45) is 0 Å². The van der Waals surface area contributed by atoms with Crippen LogP contribution in [0.3, 0.4) is 0 Å². The summed E-state index contributed by atoms with van der Waals surface area (Å²) in [6, 6.07) is 5.39. The van der Waals surface area contributed by atoms with Gasteiger partial charge >= 0.3 is 5.97 Å². The number of aliphatic hydroxyl groups is 1. The minimum absolute atomic E-state index is 0.0845. The lowest BCUT2D eigenvalue weighted by molar-refractivity contribution is -0.140. The zero-order valence-electron chi connectivity index (χ0n) is 14.8. The number of amides is 2. The second-order valence-electron chi connectivity index (χ2n) is 6.86. The van der Waals surface area contributed by atoms with Crippen molar-refractivity contribution in [1.29, 1.82) is 0 Å². The van der Waals surface area contributed by atoms with Crippen LogP contribution in [-0.2, 0) is 20.9 Å². The van der Waals surface area contributed by atoms with E-state index < -0.39 is 35.4 Å². The van der Waals surface area contributed by atoms with E-state index in [-0.39, 0.29) is 18.7 Å². The molecule has 0 atom stereocenters. The molecule has 1 aliphatic rings. The van der Waals surface area contributed by atoms with Gasteiger partial charge in [-0.3, -0.25) is 14.4 Å². The van der Waals surface area contributed by atoms with Crippen molar-refractivity contribution < 1.29 is 24.6 Å². The van der Waals surface area contributed by atoms with Gasteiger partial charge < -0.3 is 20.4 Å². The Labute approximate surface area is 156 Å². The lowest BCUT2D eigenvalue weighted by Gasteiger charge is -2.42. The van der Waals surface area contributed by atoms with E-state index in [1.165, 1.54) is 4.90 Å². The summed E-state index contributed by atoms with van der Waals surface area (Å²) in [6.07, 6.45) is 0.0845. The van der Waals surface area contributed by atoms with Gasteiger partial charge in [0.1, 0.15) is 17.9 Å². The van der Waals surface area contributed by atoms with E-state index in [1.807, 2.05) is 13.0 Å². The number of nitrogens with zero attached hydrogens (tertiary/aromatic N) is 1. The highest BCUT2D eigenvalue weighted by atomic mass is 35.5. The fourth-order valence-electron chi connectivity index (χ4n) is 2.87. The van der Waals surface area contributed by atoms with Crippen LogP contribution in [0.4, 0.5) is 0 Å². The van der Waals surface area contributed by atoms with Gasteiger partial charge in [0.15, 0.2) is 0 Å². The standard InChI is InChI=1S/C18H21ClN2O5/c1-10-6-11(4-5-12(10)19)9-21-17(26)15(13(22)7-18(21,2)3)16(25)20-8-14(23)24/h4-6,22H,7-9H2,1-3H3,(H,20,25)(H,23,24). The molecule has 0 radical (unpaired) electrons. The minimum atomic E-state index is -1.24. The normalized spacial score (nSPS) is 16.6. The zero-order chi connectivity index (χ0) is 19.6. The van der Waals surface area contributed by atoms with Crippen molar-refractivity contribution in [3.05, 3.63) is 45.7 Å². The molecule has 7 nitrogen and oxygen atoms in total. The van der Waals surface area contributed by atoms with Crippen molar-refractivity contribution in [2.75, 3.05) is 6.54 Å². The van der Waals surface area contributed by atoms with E-state index in [4.69, 9.17) is 16.7 Å². The number of benzene rings is 1. The second kappa shape index (κ2) is 7.37. The second-order valence-corrected chi connectivity index (χ2v) is 7.27. The van der Waals surface area contributed by atoms with E-state index in [2.05, 4.69) is 5.32 Å². The predicted octanol–water partition coefficient (Wildman–Crippen LogP) is 2.17. The van der Waals surface area contributed by atoms with E-state index in [9.17, 15) is 19.5 Å². The highest BCUT2D eigenvalue weighted by molar-refractivity contribution is 6.31. The Morgan fingerprint density at radius 2 is 2.00 bits per heavy atom. The first-order valence-electron chi connectivity index (χ1n) is 8.02. The highest BCUT2D eigenvalue weighted by Crippen LogP contribution is 2.33. The number of halogens is 1. The minimum Gasteiger partial charge on any atom is -0.511 e. The Kier molecular flexibility index (Phi) is 5.61. The van der Waals surface area contributed by atoms with Crippen LogP contribution < -0.4 is 5.32 Å². The number of aliphatic hydroxyl groups excluding tert-OH is 1. The Balaban J connectivity index is 2.31. The number of carbonyl (C=O) groups is 3. The third-order valence-corrected chi connectivity index (χ3v) is 4.69. The summed E-state index contributed by atoms with van der Waals surface area (Å²) >= 11 is 6.03. The van der Waals surface area contributed by atoms with Crippen LogP contribution in [0, 0.1) is 6.92 Å². The molecule has 0 aliphatic carbocycles. The molecule has 2 amide bonds. The molecule has 140 valence electrons. The topological polar surface area (TPSA) is 107 Å².